The molecule has 0 aliphatic rings. The van der Waals surface area contributed by atoms with E-state index in [-0.39, 0.29) is 0 Å². The molecule has 1 aromatic rings. The summed E-state index contributed by atoms with van der Waals surface area (Å²) in [5, 5.41) is 8.27. The minimum atomic E-state index is -1.16. The topological polar surface area (TPSA) is 46.5 Å². The number of carbonyl (C=O) groups is 1. The predicted octanol–water partition coefficient (Wildman–Crippen LogP) is 3.33. The molecule has 1 unspecified atom stereocenters. The Labute approximate surface area is 104 Å². The summed E-state index contributed by atoms with van der Waals surface area (Å²) in [7, 11) is 1.47. The Morgan fingerprint density at radius 3 is 2.50 bits per heavy atom. The molecule has 16 heavy (non-hydrogen) atoms. The van der Waals surface area contributed by atoms with Crippen LogP contribution in [0.1, 0.15) is 22.1 Å². The minimum Gasteiger partial charge on any atom is -0.496 e. The maximum absolute atomic E-state index is 10.9. The fraction of sp³-hybridized carbons (Fsp3) is 0.364. The van der Waals surface area contributed by atoms with Gasteiger partial charge in [0, 0.05) is 10.6 Å². The zero-order valence-corrected chi connectivity index (χ0v) is 10.7. The molecular weight excluding hydrogens is 251 g/mol. The van der Waals surface area contributed by atoms with Crippen LogP contribution in [0, 0.1) is 13.8 Å². The van der Waals surface area contributed by atoms with Crippen molar-refractivity contribution in [3.63, 3.8) is 0 Å². The van der Waals surface area contributed by atoms with Gasteiger partial charge in [-0.1, -0.05) is 11.6 Å². The van der Waals surface area contributed by atoms with Crippen LogP contribution in [0.2, 0.25) is 5.02 Å². The third-order valence-electron chi connectivity index (χ3n) is 2.38. The average molecular weight is 263 g/mol. The molecule has 1 N–H and O–H groups in total. The predicted molar refractivity (Wildman–Crippen MR) is 63.7 cm³/mol. The molecule has 0 aliphatic heterocycles. The molecular formula is C11H12Cl2O3. The van der Waals surface area contributed by atoms with Crippen molar-refractivity contribution < 1.29 is 14.6 Å². The standard InChI is InChI=1S/C11H12Cl2O3/c1-5-4-7(16-3)8(6(2)9(5)12)10(13)11(14)15/h4,10H,1-3H3,(H,14,15). The normalized spacial score (nSPS) is 12.3. The van der Waals surface area contributed by atoms with Crippen molar-refractivity contribution in [1.82, 2.24) is 0 Å². The minimum absolute atomic E-state index is 0.410. The molecule has 3 nitrogen and oxygen atoms in total. The zero-order valence-electron chi connectivity index (χ0n) is 9.17. The molecule has 0 aliphatic carbocycles. The highest BCUT2D eigenvalue weighted by molar-refractivity contribution is 6.33. The quantitative estimate of drug-likeness (QED) is 0.851. The first-order valence-corrected chi connectivity index (χ1v) is 5.42. The van der Waals surface area contributed by atoms with E-state index in [1.165, 1.54) is 7.11 Å². The number of alkyl halides is 1. The van der Waals surface area contributed by atoms with Crippen LogP contribution >= 0.6 is 23.2 Å². The number of methoxy groups -OCH3 is 1. The van der Waals surface area contributed by atoms with E-state index in [1.807, 2.05) is 6.92 Å². The fourth-order valence-electron chi connectivity index (χ4n) is 1.54. The van der Waals surface area contributed by atoms with Crippen LogP contribution in [-0.2, 0) is 4.79 Å². The summed E-state index contributed by atoms with van der Waals surface area (Å²) in [5.74, 6) is -0.676. The molecule has 0 fully saturated rings. The Hall–Kier alpha value is -0.930. The maximum Gasteiger partial charge on any atom is 0.326 e. The number of hydrogen-bond acceptors (Lipinski definition) is 2. The Balaban J connectivity index is 3.47. The molecule has 5 heteroatoms. The largest absolute Gasteiger partial charge is 0.496 e. The van der Waals surface area contributed by atoms with Gasteiger partial charge in [-0.05, 0) is 31.0 Å². The molecule has 0 saturated heterocycles. The van der Waals surface area contributed by atoms with Crippen molar-refractivity contribution in [2.45, 2.75) is 19.2 Å². The zero-order chi connectivity index (χ0) is 12.5. The molecule has 0 bridgehead atoms. The average Bonchev–Trinajstić information content (AvgIpc) is 2.24. The van der Waals surface area contributed by atoms with E-state index in [0.717, 1.165) is 5.56 Å². The van der Waals surface area contributed by atoms with Gasteiger partial charge in [-0.25, -0.2) is 0 Å². The van der Waals surface area contributed by atoms with Crippen molar-refractivity contribution in [1.29, 1.82) is 0 Å². The number of carboxylic acid groups (broad SMARTS) is 1. The molecule has 1 rings (SSSR count). The van der Waals surface area contributed by atoms with Crippen LogP contribution in [0.15, 0.2) is 6.07 Å². The van der Waals surface area contributed by atoms with Gasteiger partial charge in [-0.3, -0.25) is 4.79 Å². The van der Waals surface area contributed by atoms with Crippen LogP contribution in [0.5, 0.6) is 5.75 Å². The molecule has 0 saturated carbocycles. The van der Waals surface area contributed by atoms with E-state index in [4.69, 9.17) is 33.0 Å². The lowest BCUT2D eigenvalue weighted by Gasteiger charge is -2.16. The van der Waals surface area contributed by atoms with Gasteiger partial charge in [-0.15, -0.1) is 11.6 Å². The SMILES string of the molecule is COc1cc(C)c(Cl)c(C)c1C(Cl)C(=O)O. The summed E-state index contributed by atoms with van der Waals surface area (Å²) in [6.07, 6.45) is 0. The van der Waals surface area contributed by atoms with E-state index in [0.29, 0.717) is 21.9 Å². The number of aliphatic carboxylic acids is 1. The Morgan fingerprint density at radius 2 is 2.06 bits per heavy atom. The van der Waals surface area contributed by atoms with Crippen molar-refractivity contribution >= 4 is 29.2 Å². The number of carboxylic acids is 1. The highest BCUT2D eigenvalue weighted by Gasteiger charge is 2.24. The van der Waals surface area contributed by atoms with Crippen LogP contribution in [-0.4, -0.2) is 18.2 Å². The van der Waals surface area contributed by atoms with E-state index in [9.17, 15) is 4.79 Å². The monoisotopic (exact) mass is 262 g/mol. The number of halogens is 2. The van der Waals surface area contributed by atoms with Crippen LogP contribution in [0.3, 0.4) is 0 Å². The first kappa shape index (κ1) is 13.1. The van der Waals surface area contributed by atoms with Gasteiger partial charge in [0.05, 0.1) is 7.11 Å². The summed E-state index contributed by atoms with van der Waals surface area (Å²) in [6.45, 7) is 3.55. The van der Waals surface area contributed by atoms with Crippen LogP contribution in [0.25, 0.3) is 0 Å². The molecule has 1 aromatic carbocycles. The number of benzene rings is 1. The number of rotatable bonds is 3. The van der Waals surface area contributed by atoms with Crippen molar-refractivity contribution in [2.75, 3.05) is 7.11 Å². The van der Waals surface area contributed by atoms with Gasteiger partial charge >= 0.3 is 5.97 Å². The fourth-order valence-corrected chi connectivity index (χ4v) is 1.97. The highest BCUT2D eigenvalue weighted by Crippen LogP contribution is 2.38. The van der Waals surface area contributed by atoms with Gasteiger partial charge < -0.3 is 9.84 Å². The van der Waals surface area contributed by atoms with Crippen molar-refractivity contribution in [3.8, 4) is 5.75 Å². The van der Waals surface area contributed by atoms with Crippen molar-refractivity contribution in [2.24, 2.45) is 0 Å². The molecule has 88 valence electrons. The second kappa shape index (κ2) is 4.93. The second-order valence-electron chi connectivity index (χ2n) is 3.45. The molecule has 0 radical (unpaired) electrons. The third kappa shape index (κ3) is 2.25. The lowest BCUT2D eigenvalue weighted by atomic mass is 10.0. The molecule has 0 aromatic heterocycles. The van der Waals surface area contributed by atoms with Crippen LogP contribution in [0.4, 0.5) is 0 Å². The maximum atomic E-state index is 10.9. The van der Waals surface area contributed by atoms with Crippen molar-refractivity contribution in [3.05, 3.63) is 27.8 Å². The Morgan fingerprint density at radius 1 is 1.50 bits per heavy atom. The molecule has 0 amide bonds. The third-order valence-corrected chi connectivity index (χ3v) is 3.37. The molecule has 1 atom stereocenters. The number of hydrogen-bond donors (Lipinski definition) is 1. The smallest absolute Gasteiger partial charge is 0.326 e. The number of aryl methyl sites for hydroxylation is 1. The van der Waals surface area contributed by atoms with E-state index in [2.05, 4.69) is 0 Å². The molecule has 0 spiro atoms. The van der Waals surface area contributed by atoms with E-state index < -0.39 is 11.3 Å². The van der Waals surface area contributed by atoms with Gasteiger partial charge in [0.25, 0.3) is 0 Å². The summed E-state index contributed by atoms with van der Waals surface area (Å²) in [4.78, 5) is 10.9. The van der Waals surface area contributed by atoms with Gasteiger partial charge in [0.15, 0.2) is 5.38 Å². The van der Waals surface area contributed by atoms with Gasteiger partial charge in [0.2, 0.25) is 0 Å². The van der Waals surface area contributed by atoms with Gasteiger partial charge in [0.1, 0.15) is 5.75 Å². The van der Waals surface area contributed by atoms with Crippen LogP contribution < -0.4 is 4.74 Å². The lowest BCUT2D eigenvalue weighted by molar-refractivity contribution is -0.136. The molecule has 0 heterocycles. The number of ether oxygens (including phenoxy) is 1. The first-order valence-electron chi connectivity index (χ1n) is 4.60. The highest BCUT2D eigenvalue weighted by atomic mass is 35.5. The summed E-state index contributed by atoms with van der Waals surface area (Å²) in [5.41, 5.74) is 1.88. The lowest BCUT2D eigenvalue weighted by Crippen LogP contribution is -2.09. The Kier molecular flexibility index (Phi) is 4.05. The van der Waals surface area contributed by atoms with E-state index in [1.54, 1.807) is 13.0 Å². The Bertz CT molecular complexity index is 430. The summed E-state index contributed by atoms with van der Waals surface area (Å²) < 4.78 is 5.13. The summed E-state index contributed by atoms with van der Waals surface area (Å²) in [6, 6.07) is 1.68. The summed E-state index contributed by atoms with van der Waals surface area (Å²) >= 11 is 11.9. The first-order chi connectivity index (χ1) is 7.40. The second-order valence-corrected chi connectivity index (χ2v) is 4.26. The van der Waals surface area contributed by atoms with E-state index >= 15 is 0 Å². The van der Waals surface area contributed by atoms with Gasteiger partial charge in [-0.2, -0.15) is 0 Å².